The Morgan fingerprint density at radius 1 is 1.58 bits per heavy atom. The largest absolute Gasteiger partial charge is 0.367 e. The molecule has 4 heteroatoms. The number of hydrogen-bond donors (Lipinski definition) is 1. The van der Waals surface area contributed by atoms with Crippen molar-refractivity contribution in [2.75, 3.05) is 5.32 Å². The standard InChI is InChI=1S/C8H12ClN3/c1-3-6(2)12-8-4-7(9)10-5-11-8/h4-6H,3H2,1-2H3,(H,10,11,12)/t6-/m0/s1. The normalized spacial score (nSPS) is 12.6. The fourth-order valence-electron chi connectivity index (χ4n) is 0.767. The molecular formula is C8H12ClN3. The highest BCUT2D eigenvalue weighted by atomic mass is 35.5. The van der Waals surface area contributed by atoms with Gasteiger partial charge in [-0.3, -0.25) is 0 Å². The van der Waals surface area contributed by atoms with Crippen molar-refractivity contribution in [2.45, 2.75) is 26.3 Å². The summed E-state index contributed by atoms with van der Waals surface area (Å²) in [4.78, 5) is 7.81. The average Bonchev–Trinajstić information content (AvgIpc) is 2.04. The summed E-state index contributed by atoms with van der Waals surface area (Å²) in [6.45, 7) is 4.20. The molecule has 0 radical (unpaired) electrons. The van der Waals surface area contributed by atoms with Crippen molar-refractivity contribution in [1.82, 2.24) is 9.97 Å². The zero-order valence-corrected chi connectivity index (χ0v) is 7.97. The van der Waals surface area contributed by atoms with Gasteiger partial charge in [-0.15, -0.1) is 0 Å². The minimum absolute atomic E-state index is 0.413. The second-order valence-corrected chi connectivity index (χ2v) is 3.07. The van der Waals surface area contributed by atoms with Crippen molar-refractivity contribution in [1.29, 1.82) is 0 Å². The van der Waals surface area contributed by atoms with Crippen molar-refractivity contribution in [3.05, 3.63) is 17.5 Å². The highest BCUT2D eigenvalue weighted by Gasteiger charge is 1.99. The monoisotopic (exact) mass is 185 g/mol. The SMILES string of the molecule is CC[C@H](C)Nc1cc(Cl)ncn1. The Hall–Kier alpha value is -0.830. The van der Waals surface area contributed by atoms with Crippen molar-refractivity contribution in [3.63, 3.8) is 0 Å². The van der Waals surface area contributed by atoms with Crippen LogP contribution < -0.4 is 5.32 Å². The molecule has 1 atom stereocenters. The summed E-state index contributed by atoms with van der Waals surface area (Å²) >= 11 is 5.68. The average molecular weight is 186 g/mol. The molecule has 0 unspecified atom stereocenters. The van der Waals surface area contributed by atoms with Gasteiger partial charge in [0.2, 0.25) is 0 Å². The van der Waals surface area contributed by atoms with Crippen LogP contribution in [0, 0.1) is 0 Å². The molecule has 0 fully saturated rings. The molecule has 1 aromatic rings. The lowest BCUT2D eigenvalue weighted by atomic mass is 10.2. The molecule has 0 saturated heterocycles. The van der Waals surface area contributed by atoms with Crippen LogP contribution in [0.25, 0.3) is 0 Å². The smallest absolute Gasteiger partial charge is 0.134 e. The maximum atomic E-state index is 5.68. The molecule has 0 saturated carbocycles. The number of aromatic nitrogens is 2. The molecule has 0 aliphatic heterocycles. The molecule has 1 aromatic heterocycles. The molecule has 0 spiro atoms. The van der Waals surface area contributed by atoms with Crippen LogP contribution in [0.2, 0.25) is 5.15 Å². The van der Waals surface area contributed by atoms with Gasteiger partial charge in [-0.2, -0.15) is 0 Å². The summed E-state index contributed by atoms with van der Waals surface area (Å²) in [5.41, 5.74) is 0. The molecular weight excluding hydrogens is 174 g/mol. The Bertz CT molecular complexity index is 252. The number of nitrogens with one attached hydrogen (secondary N) is 1. The molecule has 3 nitrogen and oxygen atoms in total. The predicted octanol–water partition coefficient (Wildman–Crippen LogP) is 2.34. The van der Waals surface area contributed by atoms with E-state index in [0.717, 1.165) is 12.2 Å². The number of rotatable bonds is 3. The van der Waals surface area contributed by atoms with Gasteiger partial charge in [0.15, 0.2) is 0 Å². The summed E-state index contributed by atoms with van der Waals surface area (Å²) in [6, 6.07) is 2.13. The fourth-order valence-corrected chi connectivity index (χ4v) is 0.914. The molecule has 1 N–H and O–H groups in total. The molecule has 1 heterocycles. The zero-order chi connectivity index (χ0) is 8.97. The summed E-state index contributed by atoms with van der Waals surface area (Å²) in [6.07, 6.45) is 2.51. The lowest BCUT2D eigenvalue weighted by Crippen LogP contribution is -2.14. The van der Waals surface area contributed by atoms with Gasteiger partial charge >= 0.3 is 0 Å². The number of nitrogens with zero attached hydrogens (tertiary/aromatic N) is 2. The van der Waals surface area contributed by atoms with Crippen molar-refractivity contribution >= 4 is 17.4 Å². The summed E-state index contributed by atoms with van der Waals surface area (Å²) < 4.78 is 0. The van der Waals surface area contributed by atoms with Gasteiger partial charge in [0.05, 0.1) is 0 Å². The third-order valence-electron chi connectivity index (χ3n) is 1.64. The van der Waals surface area contributed by atoms with Crippen LogP contribution >= 0.6 is 11.6 Å². The number of hydrogen-bond acceptors (Lipinski definition) is 3. The van der Waals surface area contributed by atoms with E-state index < -0.39 is 0 Å². The summed E-state index contributed by atoms with van der Waals surface area (Å²) in [5.74, 6) is 0.782. The van der Waals surface area contributed by atoms with Crippen molar-refractivity contribution < 1.29 is 0 Å². The molecule has 66 valence electrons. The van der Waals surface area contributed by atoms with Gasteiger partial charge in [0, 0.05) is 12.1 Å². The minimum Gasteiger partial charge on any atom is -0.367 e. The number of halogens is 1. The van der Waals surface area contributed by atoms with Gasteiger partial charge < -0.3 is 5.32 Å². The topological polar surface area (TPSA) is 37.8 Å². The summed E-state index contributed by atoms with van der Waals surface area (Å²) in [7, 11) is 0. The Morgan fingerprint density at radius 3 is 2.92 bits per heavy atom. The first kappa shape index (κ1) is 9.26. The van der Waals surface area contributed by atoms with Crippen molar-refractivity contribution in [2.24, 2.45) is 0 Å². The van der Waals surface area contributed by atoms with E-state index in [9.17, 15) is 0 Å². The molecule has 12 heavy (non-hydrogen) atoms. The van der Waals surface area contributed by atoms with Crippen molar-refractivity contribution in [3.8, 4) is 0 Å². The first-order valence-corrected chi connectivity index (χ1v) is 4.34. The number of anilines is 1. The highest BCUT2D eigenvalue weighted by molar-refractivity contribution is 6.29. The Kier molecular flexibility index (Phi) is 3.29. The predicted molar refractivity (Wildman–Crippen MR) is 50.4 cm³/mol. The third-order valence-corrected chi connectivity index (χ3v) is 1.85. The van der Waals surface area contributed by atoms with Crippen LogP contribution in [0.5, 0.6) is 0 Å². The van der Waals surface area contributed by atoms with Gasteiger partial charge in [0.1, 0.15) is 17.3 Å². The van der Waals surface area contributed by atoms with Gasteiger partial charge in [-0.25, -0.2) is 9.97 Å². The van der Waals surface area contributed by atoms with E-state index in [1.165, 1.54) is 6.33 Å². The van der Waals surface area contributed by atoms with E-state index in [0.29, 0.717) is 11.2 Å². The van der Waals surface area contributed by atoms with E-state index in [1.54, 1.807) is 6.07 Å². The Balaban J connectivity index is 2.63. The fraction of sp³-hybridized carbons (Fsp3) is 0.500. The molecule has 0 aliphatic rings. The Labute approximate surface area is 77.2 Å². The maximum absolute atomic E-state index is 5.68. The van der Waals surface area contributed by atoms with Gasteiger partial charge in [0.25, 0.3) is 0 Å². The molecule has 1 rings (SSSR count). The molecule has 0 aromatic carbocycles. The van der Waals surface area contributed by atoms with E-state index in [2.05, 4.69) is 29.1 Å². The molecule has 0 amide bonds. The van der Waals surface area contributed by atoms with E-state index >= 15 is 0 Å². The van der Waals surface area contributed by atoms with E-state index in [4.69, 9.17) is 11.6 Å². The maximum Gasteiger partial charge on any atom is 0.134 e. The van der Waals surface area contributed by atoms with E-state index in [-0.39, 0.29) is 0 Å². The summed E-state index contributed by atoms with van der Waals surface area (Å²) in [5, 5.41) is 3.67. The highest BCUT2D eigenvalue weighted by Crippen LogP contribution is 2.10. The van der Waals surface area contributed by atoms with Crippen LogP contribution in [-0.4, -0.2) is 16.0 Å². The van der Waals surface area contributed by atoms with Crippen LogP contribution in [0.4, 0.5) is 5.82 Å². The third kappa shape index (κ3) is 2.66. The molecule has 0 bridgehead atoms. The quantitative estimate of drug-likeness (QED) is 0.735. The van der Waals surface area contributed by atoms with Crippen LogP contribution in [-0.2, 0) is 0 Å². The first-order chi connectivity index (χ1) is 5.72. The lowest BCUT2D eigenvalue weighted by Gasteiger charge is -2.11. The lowest BCUT2D eigenvalue weighted by molar-refractivity contribution is 0.758. The van der Waals surface area contributed by atoms with Gasteiger partial charge in [-0.05, 0) is 13.3 Å². The molecule has 0 aliphatic carbocycles. The van der Waals surface area contributed by atoms with Crippen LogP contribution in [0.3, 0.4) is 0 Å². The zero-order valence-electron chi connectivity index (χ0n) is 7.21. The first-order valence-electron chi connectivity index (χ1n) is 3.96. The second-order valence-electron chi connectivity index (χ2n) is 2.68. The van der Waals surface area contributed by atoms with Crippen LogP contribution in [0.15, 0.2) is 12.4 Å². The minimum atomic E-state index is 0.413. The second kappa shape index (κ2) is 4.26. The Morgan fingerprint density at radius 2 is 2.33 bits per heavy atom. The van der Waals surface area contributed by atoms with E-state index in [1.807, 2.05) is 0 Å². The van der Waals surface area contributed by atoms with Gasteiger partial charge in [-0.1, -0.05) is 18.5 Å². The van der Waals surface area contributed by atoms with Crippen LogP contribution in [0.1, 0.15) is 20.3 Å².